The third kappa shape index (κ3) is 4.17. The SMILES string of the molecule is CCOCC(C#N)[Si](C)(C)C. The van der Waals surface area contributed by atoms with Crippen molar-refractivity contribution in [2.45, 2.75) is 32.1 Å². The Bertz CT molecular complexity index is 145. The summed E-state index contributed by atoms with van der Waals surface area (Å²) in [6.07, 6.45) is 0. The van der Waals surface area contributed by atoms with Gasteiger partial charge in [0.15, 0.2) is 0 Å². The fourth-order valence-electron chi connectivity index (χ4n) is 0.717. The van der Waals surface area contributed by atoms with Gasteiger partial charge in [-0.1, -0.05) is 19.6 Å². The van der Waals surface area contributed by atoms with Crippen molar-refractivity contribution in [1.82, 2.24) is 0 Å². The minimum absolute atomic E-state index is 0.141. The molecule has 1 atom stereocenters. The maximum Gasteiger partial charge on any atom is 0.0670 e. The maximum absolute atomic E-state index is 8.79. The summed E-state index contributed by atoms with van der Waals surface area (Å²) in [5, 5.41) is 8.79. The number of nitrogens with zero attached hydrogens (tertiary/aromatic N) is 1. The van der Waals surface area contributed by atoms with Crippen LogP contribution in [0.15, 0.2) is 0 Å². The quantitative estimate of drug-likeness (QED) is 0.608. The molecule has 0 N–H and O–H groups in total. The van der Waals surface area contributed by atoms with E-state index in [2.05, 4.69) is 25.7 Å². The lowest BCUT2D eigenvalue weighted by Crippen LogP contribution is -2.30. The summed E-state index contributed by atoms with van der Waals surface area (Å²) < 4.78 is 5.23. The topological polar surface area (TPSA) is 33.0 Å². The number of hydrogen-bond donors (Lipinski definition) is 0. The van der Waals surface area contributed by atoms with Crippen LogP contribution >= 0.6 is 0 Å². The highest BCUT2D eigenvalue weighted by molar-refractivity contribution is 6.78. The first-order chi connectivity index (χ1) is 5.02. The highest BCUT2D eigenvalue weighted by Crippen LogP contribution is 2.20. The molecule has 0 saturated heterocycles. The fraction of sp³-hybridized carbons (Fsp3) is 0.875. The maximum atomic E-state index is 8.79. The zero-order chi connectivity index (χ0) is 8.91. The van der Waals surface area contributed by atoms with Gasteiger partial charge in [-0.3, -0.25) is 0 Å². The van der Waals surface area contributed by atoms with E-state index in [9.17, 15) is 0 Å². The Morgan fingerprint density at radius 1 is 1.45 bits per heavy atom. The van der Waals surface area contributed by atoms with Crippen molar-refractivity contribution in [3.8, 4) is 6.07 Å². The van der Waals surface area contributed by atoms with Crippen molar-refractivity contribution < 1.29 is 4.74 Å². The Labute approximate surface area is 70.2 Å². The second kappa shape index (κ2) is 4.53. The largest absolute Gasteiger partial charge is 0.381 e. The van der Waals surface area contributed by atoms with Gasteiger partial charge in [0.05, 0.1) is 26.3 Å². The predicted molar refractivity (Wildman–Crippen MR) is 49.2 cm³/mol. The van der Waals surface area contributed by atoms with Gasteiger partial charge in [-0.15, -0.1) is 0 Å². The monoisotopic (exact) mass is 171 g/mol. The average Bonchev–Trinajstić information content (AvgIpc) is 1.87. The van der Waals surface area contributed by atoms with Crippen LogP contribution in [0.1, 0.15) is 6.92 Å². The molecule has 0 bridgehead atoms. The second-order valence-electron chi connectivity index (χ2n) is 3.71. The molecule has 1 unspecified atom stereocenters. The summed E-state index contributed by atoms with van der Waals surface area (Å²) in [5.41, 5.74) is 0.141. The van der Waals surface area contributed by atoms with E-state index in [1.54, 1.807) is 0 Å². The van der Waals surface area contributed by atoms with Crippen LogP contribution in [0.25, 0.3) is 0 Å². The Balaban J connectivity index is 3.89. The first-order valence-electron chi connectivity index (χ1n) is 3.99. The molecule has 0 spiro atoms. The lowest BCUT2D eigenvalue weighted by molar-refractivity contribution is 0.152. The van der Waals surface area contributed by atoms with Crippen molar-refractivity contribution >= 4 is 8.07 Å². The molecule has 0 aromatic carbocycles. The van der Waals surface area contributed by atoms with Crippen molar-refractivity contribution in [2.24, 2.45) is 0 Å². The first kappa shape index (κ1) is 10.7. The number of nitriles is 1. The van der Waals surface area contributed by atoms with E-state index >= 15 is 0 Å². The third-order valence-corrected chi connectivity index (χ3v) is 4.08. The molecule has 2 nitrogen and oxygen atoms in total. The first-order valence-corrected chi connectivity index (χ1v) is 7.57. The number of rotatable bonds is 4. The molecule has 0 aromatic heterocycles. The highest BCUT2D eigenvalue weighted by atomic mass is 28.3. The van der Waals surface area contributed by atoms with Gasteiger partial charge < -0.3 is 4.74 Å². The average molecular weight is 171 g/mol. The van der Waals surface area contributed by atoms with Crippen LogP contribution in [0.3, 0.4) is 0 Å². The molecule has 11 heavy (non-hydrogen) atoms. The van der Waals surface area contributed by atoms with Gasteiger partial charge in [-0.2, -0.15) is 5.26 Å². The number of ether oxygens (including phenoxy) is 1. The zero-order valence-corrected chi connectivity index (χ0v) is 8.85. The lowest BCUT2D eigenvalue weighted by Gasteiger charge is -2.21. The summed E-state index contributed by atoms with van der Waals surface area (Å²) in [6, 6.07) is 2.31. The molecule has 0 aromatic rings. The summed E-state index contributed by atoms with van der Waals surface area (Å²) in [5.74, 6) is 0. The van der Waals surface area contributed by atoms with Gasteiger partial charge >= 0.3 is 0 Å². The molecular weight excluding hydrogens is 154 g/mol. The zero-order valence-electron chi connectivity index (χ0n) is 7.85. The van der Waals surface area contributed by atoms with E-state index in [0.717, 1.165) is 0 Å². The molecule has 3 heteroatoms. The smallest absolute Gasteiger partial charge is 0.0670 e. The standard InChI is InChI=1S/C8H17NOSi/c1-5-10-7-8(6-9)11(2,3)4/h8H,5,7H2,1-4H3. The van der Waals surface area contributed by atoms with Crippen molar-refractivity contribution in [2.75, 3.05) is 13.2 Å². The molecule has 0 radical (unpaired) electrons. The number of hydrogen-bond acceptors (Lipinski definition) is 2. The summed E-state index contributed by atoms with van der Waals surface area (Å²) >= 11 is 0. The molecule has 0 aliphatic rings. The normalized spacial score (nSPS) is 14.1. The molecule has 0 aliphatic carbocycles. The third-order valence-electron chi connectivity index (χ3n) is 1.69. The van der Waals surface area contributed by atoms with E-state index in [0.29, 0.717) is 13.2 Å². The van der Waals surface area contributed by atoms with Gasteiger partial charge in [0, 0.05) is 6.61 Å². The molecular formula is C8H17NOSi. The minimum atomic E-state index is -1.31. The second-order valence-corrected chi connectivity index (χ2v) is 9.14. The van der Waals surface area contributed by atoms with E-state index in [4.69, 9.17) is 10.00 Å². The van der Waals surface area contributed by atoms with Crippen LogP contribution in [-0.2, 0) is 4.74 Å². The van der Waals surface area contributed by atoms with Gasteiger partial charge in [0.1, 0.15) is 0 Å². The van der Waals surface area contributed by atoms with E-state index in [1.807, 2.05) is 6.92 Å². The summed E-state index contributed by atoms with van der Waals surface area (Å²) in [4.78, 5) is 0. The van der Waals surface area contributed by atoms with Crippen LogP contribution in [0.4, 0.5) is 0 Å². The van der Waals surface area contributed by atoms with Crippen LogP contribution in [0.5, 0.6) is 0 Å². The minimum Gasteiger partial charge on any atom is -0.381 e. The van der Waals surface area contributed by atoms with Crippen LogP contribution in [0, 0.1) is 11.3 Å². The Hall–Kier alpha value is -0.333. The van der Waals surface area contributed by atoms with Gasteiger partial charge in [0.2, 0.25) is 0 Å². The van der Waals surface area contributed by atoms with Gasteiger partial charge in [0.25, 0.3) is 0 Å². The molecule has 0 saturated carbocycles. The molecule has 0 fully saturated rings. The Kier molecular flexibility index (Phi) is 4.39. The van der Waals surface area contributed by atoms with Gasteiger partial charge in [-0.05, 0) is 6.92 Å². The van der Waals surface area contributed by atoms with Crippen LogP contribution < -0.4 is 0 Å². The summed E-state index contributed by atoms with van der Waals surface area (Å²) in [6.45, 7) is 9.86. The highest BCUT2D eigenvalue weighted by Gasteiger charge is 2.26. The molecule has 64 valence electrons. The van der Waals surface area contributed by atoms with Crippen molar-refractivity contribution in [1.29, 1.82) is 5.26 Å². The molecule has 0 heterocycles. The van der Waals surface area contributed by atoms with Crippen molar-refractivity contribution in [3.05, 3.63) is 0 Å². The Morgan fingerprint density at radius 3 is 2.27 bits per heavy atom. The van der Waals surface area contributed by atoms with Gasteiger partial charge in [-0.25, -0.2) is 0 Å². The van der Waals surface area contributed by atoms with Crippen LogP contribution in [0.2, 0.25) is 25.2 Å². The molecule has 0 aliphatic heterocycles. The van der Waals surface area contributed by atoms with E-state index in [1.165, 1.54) is 0 Å². The van der Waals surface area contributed by atoms with Crippen LogP contribution in [-0.4, -0.2) is 21.3 Å². The lowest BCUT2D eigenvalue weighted by atomic mass is 10.5. The van der Waals surface area contributed by atoms with E-state index in [-0.39, 0.29) is 5.54 Å². The Morgan fingerprint density at radius 2 is 2.00 bits per heavy atom. The van der Waals surface area contributed by atoms with E-state index < -0.39 is 8.07 Å². The predicted octanol–water partition coefficient (Wildman–Crippen LogP) is 2.25. The summed E-state index contributed by atoms with van der Waals surface area (Å²) in [7, 11) is -1.31. The molecule has 0 amide bonds. The molecule has 0 rings (SSSR count). The van der Waals surface area contributed by atoms with Crippen molar-refractivity contribution in [3.63, 3.8) is 0 Å². The fourth-order valence-corrected chi connectivity index (χ4v) is 1.72.